The van der Waals surface area contributed by atoms with Crippen LogP contribution in [-0.2, 0) is 0 Å². The zero-order valence-corrected chi connectivity index (χ0v) is 20.9. The molecule has 1 fully saturated rings. The first kappa shape index (κ1) is 20.9. The molecule has 0 saturated heterocycles. The van der Waals surface area contributed by atoms with Gasteiger partial charge in [-0.25, -0.2) is 4.98 Å². The van der Waals surface area contributed by atoms with E-state index in [1.807, 2.05) is 12.3 Å². The summed E-state index contributed by atoms with van der Waals surface area (Å²) in [6, 6.07) is 20.9. The van der Waals surface area contributed by atoms with Gasteiger partial charge in [-0.15, -0.1) is 0 Å². The summed E-state index contributed by atoms with van der Waals surface area (Å²) in [5.41, 5.74) is 8.78. The van der Waals surface area contributed by atoms with E-state index in [0.29, 0.717) is 17.5 Å². The Kier molecular flexibility index (Phi) is 5.15. The van der Waals surface area contributed by atoms with E-state index in [9.17, 15) is 0 Å². The molecule has 3 nitrogen and oxygen atoms in total. The third kappa shape index (κ3) is 3.93. The molecule has 5 aromatic rings. The summed E-state index contributed by atoms with van der Waals surface area (Å²) in [7, 11) is 0. The molecular formula is C32H32N2O. The molecule has 1 aliphatic carbocycles. The number of aryl methyl sites for hydroxylation is 2. The zero-order chi connectivity index (χ0) is 25.0. The van der Waals surface area contributed by atoms with Crippen LogP contribution in [0.5, 0.6) is 0 Å². The highest BCUT2D eigenvalue weighted by molar-refractivity contribution is 6.08. The van der Waals surface area contributed by atoms with Crippen molar-refractivity contribution < 1.29 is 5.79 Å². The summed E-state index contributed by atoms with van der Waals surface area (Å²) in [5, 5.41) is 2.05. The van der Waals surface area contributed by atoms with Gasteiger partial charge >= 0.3 is 0 Å². The van der Waals surface area contributed by atoms with Crippen LogP contribution < -0.4 is 0 Å². The summed E-state index contributed by atoms with van der Waals surface area (Å²) in [4.78, 5) is 9.75. The number of hydrogen-bond donors (Lipinski definition) is 0. The molecule has 3 heteroatoms. The number of pyridine rings is 2. The predicted molar refractivity (Wildman–Crippen MR) is 145 cm³/mol. The van der Waals surface area contributed by atoms with Crippen LogP contribution in [0.1, 0.15) is 57.1 Å². The molecule has 2 aromatic carbocycles. The van der Waals surface area contributed by atoms with Crippen molar-refractivity contribution in [3.05, 3.63) is 83.6 Å². The Bertz CT molecular complexity index is 1550. The van der Waals surface area contributed by atoms with Gasteiger partial charge in [0, 0.05) is 29.5 Å². The number of fused-ring (bicyclic) bond motifs is 3. The number of furan rings is 1. The van der Waals surface area contributed by atoms with Crippen LogP contribution in [-0.4, -0.2) is 9.97 Å². The third-order valence-electron chi connectivity index (χ3n) is 7.54. The van der Waals surface area contributed by atoms with Crippen LogP contribution in [0.2, 0.25) is 0 Å². The Labute approximate surface area is 208 Å². The molecule has 0 aliphatic heterocycles. The summed E-state index contributed by atoms with van der Waals surface area (Å²) in [6.07, 6.45) is 4.91. The molecule has 0 N–H and O–H groups in total. The van der Waals surface area contributed by atoms with E-state index in [-0.39, 0.29) is 0 Å². The van der Waals surface area contributed by atoms with Gasteiger partial charge < -0.3 is 4.42 Å². The first-order valence-corrected chi connectivity index (χ1v) is 12.7. The predicted octanol–water partition coefficient (Wildman–Crippen LogP) is 8.87. The van der Waals surface area contributed by atoms with Crippen LogP contribution in [0.4, 0.5) is 0 Å². The van der Waals surface area contributed by atoms with Crippen LogP contribution in [0.25, 0.3) is 44.6 Å². The lowest BCUT2D eigenvalue weighted by atomic mass is 9.74. The second-order valence-corrected chi connectivity index (χ2v) is 10.5. The maximum absolute atomic E-state index is 9.16. The second-order valence-electron chi connectivity index (χ2n) is 10.5. The number of rotatable bonds is 3. The highest BCUT2D eigenvalue weighted by Crippen LogP contribution is 2.40. The molecule has 35 heavy (non-hydrogen) atoms. The molecule has 0 amide bonds. The number of nitrogens with zero attached hydrogens (tertiary/aromatic N) is 2. The van der Waals surface area contributed by atoms with Gasteiger partial charge in [-0.05, 0) is 91.8 Å². The van der Waals surface area contributed by atoms with Crippen molar-refractivity contribution in [2.75, 3.05) is 0 Å². The standard InChI is InChI=1S/C32H32N2O/c1-19-15-20(2)17-24(16-19)23-11-13-28(33-18-23)27-10-6-9-25-26-12-14-29(34-32(26)35-31(25)27)30-21(3)7-5-8-22(30)4/h5-14,18-20,24H,15-17H2,1-4H3/i24D. The molecule has 0 radical (unpaired) electrons. The minimum absolute atomic E-state index is 0.554. The largest absolute Gasteiger partial charge is 0.437 e. The molecule has 2 atom stereocenters. The Balaban J connectivity index is 1.41. The average Bonchev–Trinajstić information content (AvgIpc) is 3.21. The van der Waals surface area contributed by atoms with Gasteiger partial charge in [0.15, 0.2) is 0 Å². The van der Waals surface area contributed by atoms with Gasteiger partial charge in [0.2, 0.25) is 5.71 Å². The van der Waals surface area contributed by atoms with Crippen LogP contribution >= 0.6 is 0 Å². The van der Waals surface area contributed by atoms with E-state index in [0.717, 1.165) is 57.3 Å². The van der Waals surface area contributed by atoms with Crippen molar-refractivity contribution in [1.82, 2.24) is 9.97 Å². The van der Waals surface area contributed by atoms with Crippen molar-refractivity contribution in [2.24, 2.45) is 11.8 Å². The fourth-order valence-electron chi connectivity index (χ4n) is 6.01. The van der Waals surface area contributed by atoms with Crippen molar-refractivity contribution in [3.63, 3.8) is 0 Å². The van der Waals surface area contributed by atoms with Crippen LogP contribution in [0, 0.1) is 25.7 Å². The molecule has 1 saturated carbocycles. The first-order chi connectivity index (χ1) is 17.3. The van der Waals surface area contributed by atoms with Gasteiger partial charge in [-0.2, -0.15) is 0 Å². The fourth-order valence-corrected chi connectivity index (χ4v) is 6.01. The Morgan fingerprint density at radius 2 is 1.51 bits per heavy atom. The molecular weight excluding hydrogens is 428 g/mol. The number of hydrogen-bond acceptors (Lipinski definition) is 3. The highest BCUT2D eigenvalue weighted by Gasteiger charge is 2.25. The second kappa shape index (κ2) is 8.64. The Hall–Kier alpha value is -3.46. The molecule has 3 heterocycles. The number of benzene rings is 2. The highest BCUT2D eigenvalue weighted by atomic mass is 16.3. The third-order valence-corrected chi connectivity index (χ3v) is 7.54. The molecule has 176 valence electrons. The maximum Gasteiger partial charge on any atom is 0.227 e. The topological polar surface area (TPSA) is 38.9 Å². The molecule has 1 aliphatic rings. The zero-order valence-electron chi connectivity index (χ0n) is 21.9. The average molecular weight is 462 g/mol. The minimum Gasteiger partial charge on any atom is -0.437 e. The SMILES string of the molecule is [2H]C1(c2ccc(-c3cccc4c3oc3nc(-c5c(C)cccc5C)ccc34)nc2)CC(C)CC(C)C1. The van der Waals surface area contributed by atoms with E-state index in [1.165, 1.54) is 17.5 Å². The van der Waals surface area contributed by atoms with Gasteiger partial charge in [0.1, 0.15) is 5.58 Å². The van der Waals surface area contributed by atoms with Crippen molar-refractivity contribution in [2.45, 2.75) is 52.9 Å². The first-order valence-electron chi connectivity index (χ1n) is 13.2. The van der Waals surface area contributed by atoms with Gasteiger partial charge in [0.25, 0.3) is 0 Å². The van der Waals surface area contributed by atoms with E-state index in [1.54, 1.807) is 0 Å². The van der Waals surface area contributed by atoms with Crippen molar-refractivity contribution in [3.8, 4) is 22.5 Å². The monoisotopic (exact) mass is 461 g/mol. The van der Waals surface area contributed by atoms with Crippen molar-refractivity contribution in [1.29, 1.82) is 0 Å². The van der Waals surface area contributed by atoms with E-state index in [2.05, 4.69) is 82.3 Å². The van der Waals surface area contributed by atoms with E-state index in [4.69, 9.17) is 15.8 Å². The molecule has 3 aromatic heterocycles. The van der Waals surface area contributed by atoms with Gasteiger partial charge in [0.05, 0.1) is 11.4 Å². The minimum atomic E-state index is -0.554. The number of para-hydroxylation sites is 1. The van der Waals surface area contributed by atoms with E-state index >= 15 is 0 Å². The van der Waals surface area contributed by atoms with E-state index < -0.39 is 5.89 Å². The lowest BCUT2D eigenvalue weighted by Crippen LogP contribution is -2.18. The van der Waals surface area contributed by atoms with Crippen LogP contribution in [0.15, 0.2) is 71.3 Å². The maximum atomic E-state index is 9.16. The molecule has 0 spiro atoms. The lowest BCUT2D eigenvalue weighted by Gasteiger charge is -2.31. The Morgan fingerprint density at radius 1 is 0.800 bits per heavy atom. The number of aromatic nitrogens is 2. The molecule has 2 unspecified atom stereocenters. The smallest absolute Gasteiger partial charge is 0.227 e. The fraction of sp³-hybridized carbons (Fsp3) is 0.312. The summed E-state index contributed by atoms with van der Waals surface area (Å²) in [5.74, 6) is 0.578. The summed E-state index contributed by atoms with van der Waals surface area (Å²) in [6.45, 7) is 8.78. The van der Waals surface area contributed by atoms with Gasteiger partial charge in [-0.1, -0.05) is 50.2 Å². The quantitative estimate of drug-likeness (QED) is 0.269. The summed E-state index contributed by atoms with van der Waals surface area (Å²) >= 11 is 0. The molecule has 6 rings (SSSR count). The van der Waals surface area contributed by atoms with Crippen LogP contribution in [0.3, 0.4) is 0 Å². The Morgan fingerprint density at radius 3 is 2.23 bits per heavy atom. The summed E-state index contributed by atoms with van der Waals surface area (Å²) < 4.78 is 15.5. The molecule has 0 bridgehead atoms. The normalized spacial score (nSPS) is 23.0. The van der Waals surface area contributed by atoms with Crippen molar-refractivity contribution >= 4 is 22.1 Å². The lowest BCUT2D eigenvalue weighted by molar-refractivity contribution is 0.268. The van der Waals surface area contributed by atoms with Gasteiger partial charge in [-0.3, -0.25) is 4.98 Å².